The highest BCUT2D eigenvalue weighted by Crippen LogP contribution is 2.52. The lowest BCUT2D eigenvalue weighted by Crippen LogP contribution is -2.17. The molecule has 0 saturated carbocycles. The summed E-state index contributed by atoms with van der Waals surface area (Å²) in [4.78, 5) is 2.49. The Kier molecular flexibility index (Phi) is 7.67. The molecule has 1 nitrogen and oxygen atoms in total. The van der Waals surface area contributed by atoms with Crippen molar-refractivity contribution in [1.82, 2.24) is 0 Å². The van der Waals surface area contributed by atoms with Crippen LogP contribution in [0.4, 0.5) is 17.1 Å². The van der Waals surface area contributed by atoms with Gasteiger partial charge in [-0.05, 0) is 97.1 Å². The highest BCUT2D eigenvalue weighted by molar-refractivity contribution is 7.26. The second-order valence-electron chi connectivity index (χ2n) is 16.6. The Balaban J connectivity index is 1.17. The van der Waals surface area contributed by atoms with E-state index in [1.807, 2.05) is 11.3 Å². The average molecular weight is 726 g/mol. The van der Waals surface area contributed by atoms with E-state index in [0.717, 1.165) is 17.1 Å². The average Bonchev–Trinajstić information content (AvgIpc) is 3.70. The van der Waals surface area contributed by atoms with E-state index in [0.29, 0.717) is 0 Å². The van der Waals surface area contributed by atoms with Gasteiger partial charge < -0.3 is 4.90 Å². The summed E-state index contributed by atoms with van der Waals surface area (Å²) in [6.07, 6.45) is 0. The van der Waals surface area contributed by atoms with Crippen molar-refractivity contribution >= 4 is 59.3 Å². The molecule has 2 heteroatoms. The zero-order chi connectivity index (χ0) is 37.5. The summed E-state index contributed by atoms with van der Waals surface area (Å²) in [6.45, 7) is 11.6. The predicted molar refractivity (Wildman–Crippen MR) is 239 cm³/mol. The van der Waals surface area contributed by atoms with Crippen molar-refractivity contribution in [2.75, 3.05) is 4.90 Å². The van der Waals surface area contributed by atoms with Crippen molar-refractivity contribution in [3.05, 3.63) is 187 Å². The van der Waals surface area contributed by atoms with Gasteiger partial charge in [-0.2, -0.15) is 0 Å². The molecule has 1 aliphatic rings. The summed E-state index contributed by atoms with van der Waals surface area (Å²) < 4.78 is 2.67. The minimum atomic E-state index is -0.108. The first-order valence-electron chi connectivity index (χ1n) is 19.3. The molecule has 0 saturated heterocycles. The minimum Gasteiger partial charge on any atom is -0.310 e. The van der Waals surface area contributed by atoms with E-state index in [1.54, 1.807) is 0 Å². The maximum atomic E-state index is 2.49. The van der Waals surface area contributed by atoms with Gasteiger partial charge in [0.15, 0.2) is 0 Å². The van der Waals surface area contributed by atoms with Crippen molar-refractivity contribution in [2.24, 2.45) is 0 Å². The first-order chi connectivity index (χ1) is 26.7. The second kappa shape index (κ2) is 12.5. The van der Waals surface area contributed by atoms with Gasteiger partial charge in [-0.3, -0.25) is 0 Å². The molecule has 10 rings (SSSR count). The van der Waals surface area contributed by atoms with Crippen molar-refractivity contribution in [3.8, 4) is 33.4 Å². The predicted octanol–water partition coefficient (Wildman–Crippen LogP) is 15.6. The fourth-order valence-corrected chi connectivity index (χ4v) is 10.1. The molecule has 1 aromatic heterocycles. The van der Waals surface area contributed by atoms with E-state index < -0.39 is 0 Å². The van der Waals surface area contributed by atoms with E-state index in [4.69, 9.17) is 0 Å². The summed E-state index contributed by atoms with van der Waals surface area (Å²) in [7, 11) is 0. The van der Waals surface area contributed by atoms with Gasteiger partial charge in [-0.15, -0.1) is 11.3 Å². The van der Waals surface area contributed by atoms with Gasteiger partial charge in [0, 0.05) is 42.5 Å². The molecule has 0 fully saturated rings. The molecule has 0 N–H and O–H groups in total. The van der Waals surface area contributed by atoms with Gasteiger partial charge in [0.1, 0.15) is 0 Å². The SMILES string of the molecule is CC(C)(C)c1ccc(N(c2ccc3c(c2)C(C)(C)c2ccccc2-3)c2ccc3ccccc3c2-c2ccc(-c3cccc4c3sc3ccccc34)cc2)cc1. The maximum absolute atomic E-state index is 2.49. The molecular weight excluding hydrogens is 683 g/mol. The van der Waals surface area contributed by atoms with E-state index in [2.05, 4.69) is 209 Å². The van der Waals surface area contributed by atoms with E-state index >= 15 is 0 Å². The molecule has 0 radical (unpaired) electrons. The third kappa shape index (κ3) is 5.42. The zero-order valence-corrected chi connectivity index (χ0v) is 32.8. The van der Waals surface area contributed by atoms with Crippen LogP contribution >= 0.6 is 11.3 Å². The molecule has 55 heavy (non-hydrogen) atoms. The number of nitrogens with zero attached hydrogens (tertiary/aromatic N) is 1. The van der Waals surface area contributed by atoms with Crippen LogP contribution in [0.5, 0.6) is 0 Å². The van der Waals surface area contributed by atoms with Crippen molar-refractivity contribution in [3.63, 3.8) is 0 Å². The first-order valence-corrected chi connectivity index (χ1v) is 20.2. The van der Waals surface area contributed by atoms with Gasteiger partial charge >= 0.3 is 0 Å². The number of hydrogen-bond donors (Lipinski definition) is 0. The van der Waals surface area contributed by atoms with E-state index in [1.165, 1.54) is 81.0 Å². The Morgan fingerprint density at radius 3 is 1.93 bits per heavy atom. The fourth-order valence-electron chi connectivity index (χ4n) is 8.91. The Labute approximate surface area is 328 Å². The lowest BCUT2D eigenvalue weighted by Gasteiger charge is -2.31. The van der Waals surface area contributed by atoms with E-state index in [-0.39, 0.29) is 10.8 Å². The maximum Gasteiger partial charge on any atom is 0.0546 e. The lowest BCUT2D eigenvalue weighted by molar-refractivity contribution is 0.590. The minimum absolute atomic E-state index is 0.0583. The summed E-state index contributed by atoms with van der Waals surface area (Å²) in [5.41, 5.74) is 15.1. The number of fused-ring (bicyclic) bond motifs is 7. The lowest BCUT2D eigenvalue weighted by atomic mass is 9.82. The Morgan fingerprint density at radius 2 is 1.13 bits per heavy atom. The molecule has 0 bridgehead atoms. The highest BCUT2D eigenvalue weighted by Gasteiger charge is 2.36. The van der Waals surface area contributed by atoms with Gasteiger partial charge in [0.05, 0.1) is 5.69 Å². The van der Waals surface area contributed by atoms with Crippen LogP contribution in [-0.2, 0) is 10.8 Å². The van der Waals surface area contributed by atoms with Gasteiger partial charge in [-0.1, -0.05) is 168 Å². The first kappa shape index (κ1) is 33.6. The molecule has 0 unspecified atom stereocenters. The Bertz CT molecular complexity index is 2920. The molecule has 1 heterocycles. The van der Waals surface area contributed by atoms with Crippen molar-refractivity contribution in [2.45, 2.75) is 45.4 Å². The fraction of sp³-hybridized carbons (Fsp3) is 0.132. The Hall–Kier alpha value is -5.96. The monoisotopic (exact) mass is 725 g/mol. The molecule has 1 aliphatic carbocycles. The molecule has 9 aromatic rings. The van der Waals surface area contributed by atoms with Crippen LogP contribution in [0.3, 0.4) is 0 Å². The molecule has 0 spiro atoms. The molecule has 8 aromatic carbocycles. The zero-order valence-electron chi connectivity index (χ0n) is 32.0. The molecular formula is C53H43NS. The largest absolute Gasteiger partial charge is 0.310 e. The van der Waals surface area contributed by atoms with Crippen LogP contribution in [0.25, 0.3) is 64.3 Å². The van der Waals surface area contributed by atoms with E-state index in [9.17, 15) is 0 Å². The van der Waals surface area contributed by atoms with Crippen molar-refractivity contribution < 1.29 is 0 Å². The molecule has 0 aliphatic heterocycles. The number of rotatable bonds is 5. The third-order valence-electron chi connectivity index (χ3n) is 11.9. The normalized spacial score (nSPS) is 13.3. The number of hydrogen-bond acceptors (Lipinski definition) is 2. The summed E-state index contributed by atoms with van der Waals surface area (Å²) >= 11 is 1.89. The van der Waals surface area contributed by atoms with Gasteiger partial charge in [-0.25, -0.2) is 0 Å². The topological polar surface area (TPSA) is 3.24 Å². The van der Waals surface area contributed by atoms with Crippen LogP contribution < -0.4 is 4.90 Å². The standard InChI is InChI=1S/C53H43NS/c1-52(2,3)37-26-28-38(29-27-37)54(39-30-31-43-42-15-8-10-19-46(42)53(4,5)47(43)33-39)48-32-25-34-13-6-7-14-40(34)50(48)36-23-21-35(22-24-36)41-17-12-18-45-44-16-9-11-20-49(44)55-51(41)45/h6-33H,1-5H3. The second-order valence-corrected chi connectivity index (χ2v) is 17.6. The number of thiophene rings is 1. The van der Waals surface area contributed by atoms with Crippen molar-refractivity contribution in [1.29, 1.82) is 0 Å². The summed E-state index contributed by atoms with van der Waals surface area (Å²) in [5, 5.41) is 5.13. The molecule has 0 amide bonds. The van der Waals surface area contributed by atoms with Gasteiger partial charge in [0.25, 0.3) is 0 Å². The number of anilines is 3. The Morgan fingerprint density at radius 1 is 0.491 bits per heavy atom. The number of benzene rings is 8. The van der Waals surface area contributed by atoms with Crippen LogP contribution in [0, 0.1) is 0 Å². The van der Waals surface area contributed by atoms with Crippen LogP contribution in [0.1, 0.15) is 51.3 Å². The smallest absolute Gasteiger partial charge is 0.0546 e. The van der Waals surface area contributed by atoms with Crippen LogP contribution in [-0.4, -0.2) is 0 Å². The van der Waals surface area contributed by atoms with Crippen LogP contribution in [0.15, 0.2) is 170 Å². The molecule has 0 atom stereocenters. The quantitative estimate of drug-likeness (QED) is 0.171. The highest BCUT2D eigenvalue weighted by atomic mass is 32.1. The van der Waals surface area contributed by atoms with Crippen LogP contribution in [0.2, 0.25) is 0 Å². The summed E-state index contributed by atoms with van der Waals surface area (Å²) in [5.74, 6) is 0. The third-order valence-corrected chi connectivity index (χ3v) is 13.1. The van der Waals surface area contributed by atoms with Gasteiger partial charge in [0.2, 0.25) is 0 Å². The summed E-state index contributed by atoms with van der Waals surface area (Å²) in [6, 6.07) is 63.5. The molecule has 266 valence electrons.